The van der Waals surface area contributed by atoms with Crippen LogP contribution in [0.15, 0.2) is 17.0 Å². The van der Waals surface area contributed by atoms with Gasteiger partial charge in [-0.15, -0.1) is 0 Å². The molecule has 0 aliphatic rings. The average Bonchev–Trinajstić information content (AvgIpc) is 2.25. The Balaban J connectivity index is 3.46. The summed E-state index contributed by atoms with van der Waals surface area (Å²) in [6, 6.07) is 3.81. The number of benzene rings is 1. The summed E-state index contributed by atoms with van der Waals surface area (Å²) in [6.07, 6.45) is 0. The Kier molecular flexibility index (Phi) is 4.21. The van der Waals surface area contributed by atoms with Crippen LogP contribution in [0, 0.1) is 11.3 Å². The van der Waals surface area contributed by atoms with Gasteiger partial charge in [0.15, 0.2) is 0 Å². The number of hydrogen-bond donors (Lipinski definition) is 2. The zero-order valence-corrected chi connectivity index (χ0v) is 9.60. The molecule has 1 rings (SSSR count). The van der Waals surface area contributed by atoms with Crippen molar-refractivity contribution in [1.82, 2.24) is 0 Å². The monoisotopic (exact) mass is 276 g/mol. The van der Waals surface area contributed by atoms with Crippen molar-refractivity contribution >= 4 is 17.7 Å². The maximum atomic E-state index is 12.3. The van der Waals surface area contributed by atoms with Crippen molar-refractivity contribution in [2.75, 3.05) is 0 Å². The highest BCUT2D eigenvalue weighted by atomic mass is 32.2. The molecule has 0 aromatic heterocycles. The molecule has 4 nitrogen and oxygen atoms in total. The molecule has 0 bridgehead atoms. The Morgan fingerprint density at radius 3 is 2.50 bits per heavy atom. The molecule has 1 aromatic rings. The summed E-state index contributed by atoms with van der Waals surface area (Å²) in [6.45, 7) is -0.125. The minimum Gasteiger partial charge on any atom is -0.478 e. The zero-order valence-electron chi connectivity index (χ0n) is 8.78. The van der Waals surface area contributed by atoms with Gasteiger partial charge < -0.3 is 10.8 Å². The smallest absolute Gasteiger partial charge is 0.446 e. The van der Waals surface area contributed by atoms with E-state index in [1.807, 2.05) is 0 Å². The number of nitriles is 1. The normalized spacial score (nSPS) is 11.1. The minimum absolute atomic E-state index is 0.125. The first-order valence-electron chi connectivity index (χ1n) is 4.55. The largest absolute Gasteiger partial charge is 0.478 e. The van der Waals surface area contributed by atoms with Crippen LogP contribution in [-0.4, -0.2) is 16.6 Å². The van der Waals surface area contributed by atoms with E-state index in [0.717, 1.165) is 6.07 Å². The summed E-state index contributed by atoms with van der Waals surface area (Å²) in [5.74, 6) is -1.59. The van der Waals surface area contributed by atoms with Crippen LogP contribution in [0.4, 0.5) is 13.2 Å². The van der Waals surface area contributed by atoms with Crippen LogP contribution in [-0.2, 0) is 6.54 Å². The third kappa shape index (κ3) is 3.15. The van der Waals surface area contributed by atoms with Crippen LogP contribution < -0.4 is 5.73 Å². The van der Waals surface area contributed by atoms with E-state index in [1.54, 1.807) is 6.07 Å². The molecule has 0 saturated heterocycles. The number of hydrogen-bond acceptors (Lipinski definition) is 4. The maximum Gasteiger partial charge on any atom is 0.446 e. The van der Waals surface area contributed by atoms with E-state index < -0.39 is 33.7 Å². The fraction of sp³-hybridized carbons (Fsp3) is 0.200. The van der Waals surface area contributed by atoms with Gasteiger partial charge in [0.2, 0.25) is 0 Å². The third-order valence-corrected chi connectivity index (χ3v) is 2.82. The molecule has 18 heavy (non-hydrogen) atoms. The Morgan fingerprint density at radius 2 is 2.11 bits per heavy atom. The van der Waals surface area contributed by atoms with Crippen molar-refractivity contribution in [2.24, 2.45) is 5.73 Å². The number of nitrogens with two attached hydrogens (primary N) is 1. The van der Waals surface area contributed by atoms with Crippen LogP contribution >= 0.6 is 11.8 Å². The zero-order chi connectivity index (χ0) is 13.9. The maximum absolute atomic E-state index is 12.3. The number of carboxylic acid groups (broad SMARTS) is 1. The van der Waals surface area contributed by atoms with E-state index in [4.69, 9.17) is 16.1 Å². The molecule has 0 saturated carbocycles. The molecule has 96 valence electrons. The van der Waals surface area contributed by atoms with Crippen LogP contribution in [0.1, 0.15) is 21.5 Å². The van der Waals surface area contributed by atoms with Crippen molar-refractivity contribution < 1.29 is 23.1 Å². The molecule has 1 aromatic carbocycles. The highest BCUT2D eigenvalue weighted by molar-refractivity contribution is 8.00. The molecule has 0 heterocycles. The lowest BCUT2D eigenvalue weighted by Crippen LogP contribution is -2.10. The third-order valence-electron chi connectivity index (χ3n) is 2.02. The average molecular weight is 276 g/mol. The Bertz CT molecular complexity index is 523. The van der Waals surface area contributed by atoms with Gasteiger partial charge >= 0.3 is 11.5 Å². The van der Waals surface area contributed by atoms with Gasteiger partial charge in [-0.1, -0.05) is 6.07 Å². The molecular weight excluding hydrogens is 269 g/mol. The van der Waals surface area contributed by atoms with E-state index in [-0.39, 0.29) is 17.7 Å². The van der Waals surface area contributed by atoms with Crippen molar-refractivity contribution in [3.05, 3.63) is 28.8 Å². The second kappa shape index (κ2) is 5.29. The van der Waals surface area contributed by atoms with Crippen molar-refractivity contribution in [3.8, 4) is 6.07 Å². The molecular formula is C10H7F3N2O2S. The highest BCUT2D eigenvalue weighted by Crippen LogP contribution is 2.39. The summed E-state index contributed by atoms with van der Waals surface area (Å²) >= 11 is -0.568. The van der Waals surface area contributed by atoms with Gasteiger partial charge in [0.25, 0.3) is 0 Å². The van der Waals surface area contributed by atoms with Crippen molar-refractivity contribution in [3.63, 3.8) is 0 Å². The molecule has 0 unspecified atom stereocenters. The molecule has 0 atom stereocenters. The molecule has 0 amide bonds. The van der Waals surface area contributed by atoms with Crippen molar-refractivity contribution in [2.45, 2.75) is 16.9 Å². The van der Waals surface area contributed by atoms with Gasteiger partial charge in [0, 0.05) is 11.4 Å². The summed E-state index contributed by atoms with van der Waals surface area (Å²) in [5.41, 5.74) is -0.127. The van der Waals surface area contributed by atoms with Crippen LogP contribution in [0.2, 0.25) is 0 Å². The number of carbonyl (C=O) groups is 1. The molecule has 0 spiro atoms. The number of aromatic carboxylic acids is 1. The summed E-state index contributed by atoms with van der Waals surface area (Å²) in [5, 5.41) is 17.8. The van der Waals surface area contributed by atoms with E-state index in [2.05, 4.69) is 0 Å². The second-order valence-corrected chi connectivity index (χ2v) is 4.25. The number of thioether (sulfide) groups is 1. The Morgan fingerprint density at radius 1 is 1.50 bits per heavy atom. The lowest BCUT2D eigenvalue weighted by molar-refractivity contribution is -0.0328. The number of alkyl halides is 3. The van der Waals surface area contributed by atoms with Crippen LogP contribution in [0.5, 0.6) is 0 Å². The Hall–Kier alpha value is -1.72. The van der Waals surface area contributed by atoms with E-state index >= 15 is 0 Å². The lowest BCUT2D eigenvalue weighted by Gasteiger charge is -2.11. The summed E-state index contributed by atoms with van der Waals surface area (Å²) < 4.78 is 36.8. The number of rotatable bonds is 3. The van der Waals surface area contributed by atoms with Gasteiger partial charge in [-0.25, -0.2) is 4.79 Å². The minimum atomic E-state index is -4.62. The van der Waals surface area contributed by atoms with Gasteiger partial charge in [0.05, 0.1) is 11.1 Å². The molecule has 0 aliphatic carbocycles. The van der Waals surface area contributed by atoms with Gasteiger partial charge in [-0.2, -0.15) is 18.4 Å². The lowest BCUT2D eigenvalue weighted by atomic mass is 10.0. The quantitative estimate of drug-likeness (QED) is 0.827. The standard InChI is InChI=1S/C10H7F3N2O2S/c11-10(12,13)18-7-2-1-5(3-14)6(4-15)8(7)9(16)17/h1-2H,3,14H2,(H,16,17). The highest BCUT2D eigenvalue weighted by Gasteiger charge is 2.32. The summed E-state index contributed by atoms with van der Waals surface area (Å²) in [4.78, 5) is 10.5. The first-order valence-corrected chi connectivity index (χ1v) is 5.37. The number of halogens is 3. The molecule has 0 radical (unpaired) electrons. The predicted octanol–water partition coefficient (Wildman–Crippen LogP) is 2.33. The van der Waals surface area contributed by atoms with E-state index in [1.165, 1.54) is 6.07 Å². The Labute approximate surface area is 104 Å². The molecule has 8 heteroatoms. The van der Waals surface area contributed by atoms with Gasteiger partial charge in [0.1, 0.15) is 6.07 Å². The number of carboxylic acids is 1. The van der Waals surface area contributed by atoms with Crippen LogP contribution in [0.3, 0.4) is 0 Å². The van der Waals surface area contributed by atoms with E-state index in [9.17, 15) is 18.0 Å². The second-order valence-electron chi connectivity index (χ2n) is 3.14. The van der Waals surface area contributed by atoms with E-state index in [0.29, 0.717) is 0 Å². The predicted molar refractivity (Wildman–Crippen MR) is 57.9 cm³/mol. The van der Waals surface area contributed by atoms with Crippen molar-refractivity contribution in [1.29, 1.82) is 5.26 Å². The SMILES string of the molecule is N#Cc1c(CN)ccc(SC(F)(F)F)c1C(=O)O. The fourth-order valence-electron chi connectivity index (χ4n) is 1.35. The summed E-state index contributed by atoms with van der Waals surface area (Å²) in [7, 11) is 0. The first-order chi connectivity index (χ1) is 8.30. The van der Waals surface area contributed by atoms with Gasteiger partial charge in [-0.3, -0.25) is 0 Å². The van der Waals surface area contributed by atoms with Gasteiger partial charge in [-0.05, 0) is 23.4 Å². The molecule has 0 fully saturated rings. The van der Waals surface area contributed by atoms with Crippen LogP contribution in [0.25, 0.3) is 0 Å². The number of nitrogens with zero attached hydrogens (tertiary/aromatic N) is 1. The topological polar surface area (TPSA) is 87.1 Å². The fourth-order valence-corrected chi connectivity index (χ4v) is 2.02. The first kappa shape index (κ1) is 14.3. The molecule has 3 N–H and O–H groups in total. The molecule has 0 aliphatic heterocycles.